The Labute approximate surface area is 524 Å². The minimum atomic E-state index is -1.95. The maximum Gasteiger partial charge on any atom is 0.335 e. The topological polar surface area (TPSA) is 175 Å². The lowest BCUT2D eigenvalue weighted by Gasteiger charge is -2.40. The number of esters is 3. The molecule has 0 aromatic rings. The van der Waals surface area contributed by atoms with E-state index in [2.05, 4.69) is 185 Å². The molecule has 1 aliphatic heterocycles. The molecule has 0 amide bonds. The first-order chi connectivity index (χ1) is 42.6. The quantitative estimate of drug-likeness (QED) is 0.0228. The molecule has 12 nitrogen and oxygen atoms in total. The summed E-state index contributed by atoms with van der Waals surface area (Å²) in [5.41, 5.74) is 0. The number of carbonyl (C=O) groups excluding carboxylic acids is 3. The fourth-order valence-corrected chi connectivity index (χ4v) is 8.35. The zero-order valence-corrected chi connectivity index (χ0v) is 53.2. The van der Waals surface area contributed by atoms with Gasteiger partial charge in [-0.2, -0.15) is 0 Å². The number of carbonyl (C=O) groups is 4. The van der Waals surface area contributed by atoms with Gasteiger partial charge in [0, 0.05) is 19.3 Å². The second-order valence-corrected chi connectivity index (χ2v) is 20.9. The number of carboxylic acid groups (broad SMARTS) is 1. The predicted octanol–water partition coefficient (Wildman–Crippen LogP) is 17.8. The SMILES string of the molecule is CC/C=C\C/C=C\C/C=C\C/C=C\C/C=C\C/C=C\CCC(=O)OCC(COC1OC(C(=O)O)C(O)C(O)C1OC(=O)CC/C=C\C/C=C\C/C=C\C/C=C\C/C=C\C/C=C\CC)OC(=O)CCCCCCCC/C=C\C/C=C\C/C=C\C/C=C\CC. The highest BCUT2D eigenvalue weighted by molar-refractivity contribution is 5.74. The first kappa shape index (κ1) is 78.6. The van der Waals surface area contributed by atoms with E-state index in [1.54, 1.807) is 0 Å². The van der Waals surface area contributed by atoms with Crippen LogP contribution in [0.3, 0.4) is 0 Å². The van der Waals surface area contributed by atoms with Crippen LogP contribution in [0.5, 0.6) is 0 Å². The van der Waals surface area contributed by atoms with Crippen LogP contribution in [0.1, 0.15) is 201 Å². The van der Waals surface area contributed by atoms with Crippen molar-refractivity contribution in [3.63, 3.8) is 0 Å². The van der Waals surface area contributed by atoms with E-state index < -0.39 is 67.3 Å². The van der Waals surface area contributed by atoms with Crippen molar-refractivity contribution in [2.24, 2.45) is 0 Å². The van der Waals surface area contributed by atoms with E-state index in [1.807, 2.05) is 30.4 Å². The van der Waals surface area contributed by atoms with Crippen LogP contribution in [0.2, 0.25) is 0 Å². The minimum absolute atomic E-state index is 0.0693. The van der Waals surface area contributed by atoms with Gasteiger partial charge >= 0.3 is 23.9 Å². The Kier molecular flexibility index (Phi) is 54.1. The molecule has 1 rings (SSSR count). The first-order valence-electron chi connectivity index (χ1n) is 32.4. The van der Waals surface area contributed by atoms with Crippen LogP contribution in [0.15, 0.2) is 194 Å². The number of hydrogen-bond donors (Lipinski definition) is 3. The molecular formula is C75H110O12. The van der Waals surface area contributed by atoms with Gasteiger partial charge in [-0.3, -0.25) is 14.4 Å². The normalized spacial score (nSPS) is 18.7. The predicted molar refractivity (Wildman–Crippen MR) is 358 cm³/mol. The Morgan fingerprint density at radius 2 is 0.713 bits per heavy atom. The summed E-state index contributed by atoms with van der Waals surface area (Å²) < 4.78 is 28.3. The standard InChI is InChI=1S/C75H110O12/c1-4-7-10-13-16-19-22-25-28-31-34-37-40-43-46-49-52-55-58-61-67(76)83-64-66(85-68(77)62-59-56-53-50-47-44-41-38-35-32-29-26-23-20-17-14-11-8-5-2)65-84-75-73(71(80)70(79)72(87-75)74(81)82)86-69(78)63-60-57-54-51-48-45-42-39-36-33-30-27-24-21-18-15-12-9-6-3/h7-12,16-21,25-30,34-39,43,45-46,48,52,54-55,57,66,70-73,75,79-80H,4-6,13-15,22-24,31-33,40-42,44,47,49-51,53,56,58-65H2,1-3H3,(H,81,82)/b10-7-,11-8-,12-9-,19-16-,20-17-,21-18-,28-25-,29-26-,30-27-,37-34-,38-35-,39-36-,46-43-,48-45-,55-52-,57-54-. The highest BCUT2D eigenvalue weighted by Crippen LogP contribution is 2.26. The number of rotatable bonds is 52. The number of carboxylic acids is 1. The number of aliphatic hydroxyl groups excluding tert-OH is 2. The molecule has 3 N–H and O–H groups in total. The van der Waals surface area contributed by atoms with Crippen molar-refractivity contribution < 1.29 is 58.2 Å². The molecular weight excluding hydrogens is 1090 g/mol. The summed E-state index contributed by atoms with van der Waals surface area (Å²) in [5.74, 6) is -3.40. The monoisotopic (exact) mass is 1200 g/mol. The van der Waals surface area contributed by atoms with E-state index in [0.29, 0.717) is 32.1 Å². The number of unbranched alkanes of at least 4 members (excludes halogenated alkanes) is 6. The number of allylic oxidation sites excluding steroid dienone is 32. The minimum Gasteiger partial charge on any atom is -0.479 e. The Hall–Kier alpha value is -6.44. The Bertz CT molecular complexity index is 2260. The van der Waals surface area contributed by atoms with Gasteiger partial charge in [-0.05, 0) is 135 Å². The molecule has 1 saturated heterocycles. The van der Waals surface area contributed by atoms with Crippen molar-refractivity contribution in [2.45, 2.75) is 237 Å². The van der Waals surface area contributed by atoms with Crippen molar-refractivity contribution in [3.05, 3.63) is 194 Å². The second kappa shape index (κ2) is 59.9. The maximum absolute atomic E-state index is 13.2. The largest absolute Gasteiger partial charge is 0.479 e. The van der Waals surface area contributed by atoms with Gasteiger partial charge in [-0.25, -0.2) is 4.79 Å². The fraction of sp³-hybridized carbons (Fsp3) is 0.520. The highest BCUT2D eigenvalue weighted by Gasteiger charge is 2.50. The van der Waals surface area contributed by atoms with Gasteiger partial charge in [0.05, 0.1) is 6.61 Å². The average molecular weight is 1200 g/mol. The van der Waals surface area contributed by atoms with E-state index >= 15 is 0 Å². The van der Waals surface area contributed by atoms with Crippen LogP contribution in [0, 0.1) is 0 Å². The Balaban J connectivity index is 2.78. The van der Waals surface area contributed by atoms with Crippen molar-refractivity contribution in [1.29, 1.82) is 0 Å². The zero-order chi connectivity index (χ0) is 63.1. The molecule has 482 valence electrons. The summed E-state index contributed by atoms with van der Waals surface area (Å²) in [4.78, 5) is 51.3. The van der Waals surface area contributed by atoms with Gasteiger partial charge in [-0.15, -0.1) is 0 Å². The zero-order valence-electron chi connectivity index (χ0n) is 53.2. The molecule has 0 spiro atoms. The Morgan fingerprint density at radius 1 is 0.379 bits per heavy atom. The summed E-state index contributed by atoms with van der Waals surface area (Å²) in [6, 6.07) is 0. The van der Waals surface area contributed by atoms with E-state index in [9.17, 15) is 34.5 Å². The summed E-state index contributed by atoms with van der Waals surface area (Å²) in [6.45, 7) is 5.54. The van der Waals surface area contributed by atoms with Gasteiger partial charge in [0.2, 0.25) is 0 Å². The van der Waals surface area contributed by atoms with Crippen LogP contribution in [0.4, 0.5) is 0 Å². The molecule has 12 heteroatoms. The van der Waals surface area contributed by atoms with Crippen LogP contribution < -0.4 is 0 Å². The molecule has 6 unspecified atom stereocenters. The molecule has 0 aliphatic carbocycles. The lowest BCUT2D eigenvalue weighted by molar-refractivity contribution is -0.301. The maximum atomic E-state index is 13.2. The van der Waals surface area contributed by atoms with Crippen molar-refractivity contribution in [1.82, 2.24) is 0 Å². The lowest BCUT2D eigenvalue weighted by Crippen LogP contribution is -2.61. The molecule has 0 aromatic carbocycles. The van der Waals surface area contributed by atoms with Gasteiger partial charge in [0.25, 0.3) is 0 Å². The van der Waals surface area contributed by atoms with Gasteiger partial charge in [0.15, 0.2) is 24.6 Å². The molecule has 0 aromatic heterocycles. The lowest BCUT2D eigenvalue weighted by atomic mass is 9.98. The van der Waals surface area contributed by atoms with Crippen LogP contribution >= 0.6 is 0 Å². The van der Waals surface area contributed by atoms with Crippen molar-refractivity contribution in [2.75, 3.05) is 13.2 Å². The first-order valence-corrected chi connectivity index (χ1v) is 32.4. The fourth-order valence-electron chi connectivity index (χ4n) is 8.35. The van der Waals surface area contributed by atoms with Crippen LogP contribution in [0.25, 0.3) is 0 Å². The molecule has 87 heavy (non-hydrogen) atoms. The molecule has 1 fully saturated rings. The molecule has 6 atom stereocenters. The number of aliphatic carboxylic acids is 1. The molecule has 0 saturated carbocycles. The average Bonchev–Trinajstić information content (AvgIpc) is 2.56. The van der Waals surface area contributed by atoms with Crippen molar-refractivity contribution >= 4 is 23.9 Å². The number of hydrogen-bond acceptors (Lipinski definition) is 11. The number of aliphatic hydroxyl groups is 2. The summed E-state index contributed by atoms with van der Waals surface area (Å²) in [7, 11) is 0. The van der Waals surface area contributed by atoms with Gasteiger partial charge < -0.3 is 39.0 Å². The van der Waals surface area contributed by atoms with E-state index in [1.165, 1.54) is 0 Å². The van der Waals surface area contributed by atoms with Gasteiger partial charge in [-0.1, -0.05) is 241 Å². The van der Waals surface area contributed by atoms with E-state index in [4.69, 9.17) is 23.7 Å². The third kappa shape index (κ3) is 49.3. The summed E-state index contributed by atoms with van der Waals surface area (Å²) in [5, 5.41) is 31.6. The van der Waals surface area contributed by atoms with Crippen LogP contribution in [-0.2, 0) is 42.9 Å². The number of ether oxygens (including phenoxy) is 5. The molecule has 1 heterocycles. The smallest absolute Gasteiger partial charge is 0.335 e. The third-order valence-electron chi connectivity index (χ3n) is 13.2. The van der Waals surface area contributed by atoms with Gasteiger partial charge in [0.1, 0.15) is 18.8 Å². The molecule has 0 bridgehead atoms. The van der Waals surface area contributed by atoms with E-state index in [0.717, 1.165) is 128 Å². The molecule has 0 radical (unpaired) electrons. The highest BCUT2D eigenvalue weighted by atomic mass is 16.7. The summed E-state index contributed by atoms with van der Waals surface area (Å²) in [6.07, 6.45) is 79.8. The van der Waals surface area contributed by atoms with Crippen LogP contribution in [-0.4, -0.2) is 89.2 Å². The van der Waals surface area contributed by atoms with Crippen molar-refractivity contribution in [3.8, 4) is 0 Å². The Morgan fingerprint density at radius 3 is 1.09 bits per heavy atom. The second-order valence-electron chi connectivity index (χ2n) is 20.9. The molecule has 1 aliphatic rings. The third-order valence-corrected chi connectivity index (χ3v) is 13.2. The summed E-state index contributed by atoms with van der Waals surface area (Å²) >= 11 is 0. The van der Waals surface area contributed by atoms with E-state index in [-0.39, 0.29) is 25.9 Å².